The van der Waals surface area contributed by atoms with Gasteiger partial charge in [0.25, 0.3) is 5.91 Å². The molecule has 0 aliphatic rings. The molecule has 0 aliphatic heterocycles. The fourth-order valence-electron chi connectivity index (χ4n) is 2.24. The van der Waals surface area contributed by atoms with E-state index in [1.165, 1.54) is 25.3 Å². The average molecular weight is 415 g/mol. The minimum absolute atomic E-state index is 0.0228. The maximum absolute atomic E-state index is 12.3. The van der Waals surface area contributed by atoms with Gasteiger partial charge in [-0.05, 0) is 30.4 Å². The van der Waals surface area contributed by atoms with Crippen molar-refractivity contribution in [1.29, 1.82) is 0 Å². The minimum Gasteiger partial charge on any atom is -0.493 e. The van der Waals surface area contributed by atoms with Gasteiger partial charge in [0.2, 0.25) is 5.91 Å². The highest BCUT2D eigenvalue weighted by atomic mass is 32.1. The molecule has 1 heterocycles. The van der Waals surface area contributed by atoms with E-state index < -0.39 is 18.4 Å². The number of hydrogen-bond acceptors (Lipinski definition) is 6. The second-order valence-corrected chi connectivity index (χ2v) is 5.92. The molecule has 3 N–H and O–H groups in total. The van der Waals surface area contributed by atoms with Gasteiger partial charge in [-0.25, -0.2) is 0 Å². The smallest absolute Gasteiger partial charge is 0.387 e. The molecule has 2 amide bonds. The first kappa shape index (κ1) is 21.3. The fourth-order valence-corrected chi connectivity index (χ4v) is 2.40. The lowest BCUT2D eigenvalue weighted by molar-refractivity contribution is -0.120. The van der Waals surface area contributed by atoms with Gasteiger partial charge >= 0.3 is 6.61 Å². The number of H-pyrrole nitrogens is 1. The van der Waals surface area contributed by atoms with Crippen LogP contribution in [0, 0.1) is 4.77 Å². The molecule has 152 valence electrons. The number of benzene rings is 1. The number of aromatic nitrogens is 3. The Bertz CT molecular complexity index is 899. The van der Waals surface area contributed by atoms with Gasteiger partial charge in [-0.15, -0.1) is 0 Å². The van der Waals surface area contributed by atoms with E-state index in [0.717, 1.165) is 0 Å². The number of aromatic amines is 1. The molecule has 28 heavy (non-hydrogen) atoms. The van der Waals surface area contributed by atoms with Gasteiger partial charge < -0.3 is 24.7 Å². The summed E-state index contributed by atoms with van der Waals surface area (Å²) in [5.41, 5.74) is 0.132. The standard InChI is InChI=1S/C16H19F2N5O4S/c1-23-12(21-22-16(23)28)5-6-19-13(24)8-20-14(25)9-3-4-10(27-15(17)18)11(7-9)26-2/h3-4,7,15H,5-6,8H2,1-2H3,(H,19,24)(H,20,25)(H,22,28). The van der Waals surface area contributed by atoms with Gasteiger partial charge in [0.05, 0.1) is 13.7 Å². The SMILES string of the molecule is COc1cc(C(=O)NCC(=O)NCCc2n[nH]c(=S)n2C)ccc1OC(F)F. The summed E-state index contributed by atoms with van der Waals surface area (Å²) in [5, 5.41) is 11.7. The van der Waals surface area contributed by atoms with Crippen molar-refractivity contribution in [3.8, 4) is 11.5 Å². The maximum atomic E-state index is 12.3. The Kier molecular flexibility index (Phi) is 7.44. The van der Waals surface area contributed by atoms with Crippen LogP contribution in [0.2, 0.25) is 0 Å². The summed E-state index contributed by atoms with van der Waals surface area (Å²) in [6.45, 7) is -2.95. The zero-order valence-corrected chi connectivity index (χ0v) is 15.9. The van der Waals surface area contributed by atoms with Crippen LogP contribution in [0.1, 0.15) is 16.2 Å². The molecule has 1 aromatic heterocycles. The molecular formula is C16H19F2N5O4S. The van der Waals surface area contributed by atoms with Gasteiger partial charge in [-0.1, -0.05) is 0 Å². The van der Waals surface area contributed by atoms with E-state index in [1.54, 1.807) is 11.6 Å². The molecule has 0 radical (unpaired) electrons. The van der Waals surface area contributed by atoms with E-state index in [2.05, 4.69) is 25.6 Å². The predicted molar refractivity (Wildman–Crippen MR) is 97.1 cm³/mol. The Morgan fingerprint density at radius 3 is 2.68 bits per heavy atom. The van der Waals surface area contributed by atoms with Gasteiger partial charge in [-0.3, -0.25) is 14.7 Å². The molecule has 0 bridgehead atoms. The monoisotopic (exact) mass is 415 g/mol. The fraction of sp³-hybridized carbons (Fsp3) is 0.375. The van der Waals surface area contributed by atoms with Crippen molar-refractivity contribution >= 4 is 24.0 Å². The molecule has 0 fully saturated rings. The highest BCUT2D eigenvalue weighted by Gasteiger charge is 2.15. The average Bonchev–Trinajstić information content (AvgIpc) is 2.98. The quantitative estimate of drug-likeness (QED) is 0.531. The summed E-state index contributed by atoms with van der Waals surface area (Å²) in [6, 6.07) is 3.73. The highest BCUT2D eigenvalue weighted by Crippen LogP contribution is 2.29. The number of alkyl halides is 2. The van der Waals surface area contributed by atoms with Crippen molar-refractivity contribution in [2.75, 3.05) is 20.2 Å². The summed E-state index contributed by atoms with van der Waals surface area (Å²) in [5.74, 6) is -0.486. The molecule has 0 saturated heterocycles. The van der Waals surface area contributed by atoms with Crippen LogP contribution in [0.3, 0.4) is 0 Å². The second-order valence-electron chi connectivity index (χ2n) is 5.53. The lowest BCUT2D eigenvalue weighted by Crippen LogP contribution is -2.37. The number of methoxy groups -OCH3 is 1. The van der Waals surface area contributed by atoms with Crippen LogP contribution < -0.4 is 20.1 Å². The van der Waals surface area contributed by atoms with Crippen molar-refractivity contribution in [3.05, 3.63) is 34.4 Å². The normalized spacial score (nSPS) is 10.6. The third-order valence-electron chi connectivity index (χ3n) is 3.69. The minimum atomic E-state index is -3.02. The molecule has 0 unspecified atom stereocenters. The van der Waals surface area contributed by atoms with Crippen LogP contribution in [0.15, 0.2) is 18.2 Å². The summed E-state index contributed by atoms with van der Waals surface area (Å²) in [6.07, 6.45) is 0.464. The van der Waals surface area contributed by atoms with Crippen molar-refractivity contribution < 1.29 is 27.8 Å². The zero-order chi connectivity index (χ0) is 20.7. The van der Waals surface area contributed by atoms with Crippen molar-refractivity contribution in [2.24, 2.45) is 7.05 Å². The number of nitrogens with one attached hydrogen (secondary N) is 3. The van der Waals surface area contributed by atoms with Gasteiger partial charge in [0.15, 0.2) is 16.3 Å². The molecule has 2 aromatic rings. The van der Waals surface area contributed by atoms with Crippen LogP contribution in [0.5, 0.6) is 11.5 Å². The number of halogens is 2. The van der Waals surface area contributed by atoms with E-state index in [-0.39, 0.29) is 23.6 Å². The molecule has 1 aromatic carbocycles. The first-order valence-corrected chi connectivity index (χ1v) is 8.50. The second kappa shape index (κ2) is 9.78. The van der Waals surface area contributed by atoms with E-state index in [9.17, 15) is 18.4 Å². The number of rotatable bonds is 9. The van der Waals surface area contributed by atoms with E-state index in [4.69, 9.17) is 17.0 Å². The van der Waals surface area contributed by atoms with Crippen LogP contribution in [-0.2, 0) is 18.3 Å². The summed E-state index contributed by atoms with van der Waals surface area (Å²) >= 11 is 5.00. The zero-order valence-electron chi connectivity index (χ0n) is 15.1. The third kappa shape index (κ3) is 5.74. The third-order valence-corrected chi connectivity index (χ3v) is 4.06. The van der Waals surface area contributed by atoms with E-state index >= 15 is 0 Å². The van der Waals surface area contributed by atoms with E-state index in [0.29, 0.717) is 23.6 Å². The van der Waals surface area contributed by atoms with Gasteiger partial charge in [0.1, 0.15) is 5.82 Å². The Morgan fingerprint density at radius 2 is 2.07 bits per heavy atom. The van der Waals surface area contributed by atoms with Crippen LogP contribution in [0.4, 0.5) is 8.78 Å². The predicted octanol–water partition coefficient (Wildman–Crippen LogP) is 1.18. The summed E-state index contributed by atoms with van der Waals surface area (Å²) in [4.78, 5) is 24.0. The molecule has 0 atom stereocenters. The summed E-state index contributed by atoms with van der Waals surface area (Å²) < 4.78 is 36.0. The maximum Gasteiger partial charge on any atom is 0.387 e. The number of ether oxygens (including phenoxy) is 2. The van der Waals surface area contributed by atoms with Crippen LogP contribution >= 0.6 is 12.2 Å². The molecule has 2 rings (SSSR count). The Hall–Kier alpha value is -3.02. The number of carbonyl (C=O) groups excluding carboxylic acids is 2. The summed E-state index contributed by atoms with van der Waals surface area (Å²) in [7, 11) is 3.02. The molecular weight excluding hydrogens is 396 g/mol. The Balaban J connectivity index is 1.83. The van der Waals surface area contributed by atoms with E-state index in [1.807, 2.05) is 0 Å². The van der Waals surface area contributed by atoms with Crippen LogP contribution in [0.25, 0.3) is 0 Å². The van der Waals surface area contributed by atoms with Crippen molar-refractivity contribution in [2.45, 2.75) is 13.0 Å². The topological polar surface area (TPSA) is 110 Å². The number of nitrogens with zero attached hydrogens (tertiary/aromatic N) is 2. The lowest BCUT2D eigenvalue weighted by Gasteiger charge is -2.11. The largest absolute Gasteiger partial charge is 0.493 e. The van der Waals surface area contributed by atoms with Crippen LogP contribution in [-0.4, -0.2) is 53.4 Å². The first-order valence-electron chi connectivity index (χ1n) is 8.09. The molecule has 0 spiro atoms. The van der Waals surface area contributed by atoms with Gasteiger partial charge in [-0.2, -0.15) is 13.9 Å². The number of carbonyl (C=O) groups is 2. The molecule has 0 aliphatic carbocycles. The van der Waals surface area contributed by atoms with Crippen molar-refractivity contribution in [3.63, 3.8) is 0 Å². The Labute approximate surface area is 164 Å². The molecule has 12 heteroatoms. The first-order chi connectivity index (χ1) is 13.3. The van der Waals surface area contributed by atoms with Crippen molar-refractivity contribution in [1.82, 2.24) is 25.4 Å². The lowest BCUT2D eigenvalue weighted by atomic mass is 10.2. The highest BCUT2D eigenvalue weighted by molar-refractivity contribution is 7.71. The number of hydrogen-bond donors (Lipinski definition) is 3. The van der Waals surface area contributed by atoms with Gasteiger partial charge in [0, 0.05) is 25.6 Å². The number of amides is 2. The Morgan fingerprint density at radius 1 is 1.32 bits per heavy atom. The molecule has 9 nitrogen and oxygen atoms in total. The molecule has 0 saturated carbocycles.